The molecule has 0 saturated carbocycles. The van der Waals surface area contributed by atoms with E-state index in [0.717, 1.165) is 0 Å². The van der Waals surface area contributed by atoms with Gasteiger partial charge in [-0.2, -0.15) is 0 Å². The molecule has 0 aliphatic rings. The zero-order valence-corrected chi connectivity index (χ0v) is 20.2. The van der Waals surface area contributed by atoms with Crippen molar-refractivity contribution in [1.82, 2.24) is 0 Å². The Morgan fingerprint density at radius 1 is 0.333 bits per heavy atom. The molecule has 0 radical (unpaired) electrons. The minimum absolute atomic E-state index is 0. The Labute approximate surface area is 195 Å². The Hall–Kier alpha value is 2.50. The summed E-state index contributed by atoms with van der Waals surface area (Å²) >= 11 is 0. The van der Waals surface area contributed by atoms with Gasteiger partial charge in [0.05, 0.1) is 0 Å². The first-order chi connectivity index (χ1) is 10.0. The van der Waals surface area contributed by atoms with Crippen LogP contribution < -0.4 is 18.9 Å². The summed E-state index contributed by atoms with van der Waals surface area (Å²) in [5.74, 6) is 0. The molecule has 0 saturated heterocycles. The molecule has 0 atom stereocenters. The molecule has 0 bridgehead atoms. The molecule has 0 aromatic heterocycles. The molecule has 0 spiro atoms. The quantitative estimate of drug-likeness (QED) is 0.0861. The Morgan fingerprint density at radius 3 is 0.333 bits per heavy atom. The molecule has 27 heavy (non-hydrogen) atoms. The van der Waals surface area contributed by atoms with Crippen molar-refractivity contribution in [2.24, 2.45) is 0 Å². The van der Waals surface area contributed by atoms with Crippen LogP contribution in [-0.2, 0) is 22.8 Å². The van der Waals surface area contributed by atoms with Crippen molar-refractivity contribution in [1.29, 1.82) is 0 Å². The topological polar surface area (TPSA) is 389 Å². The molecule has 0 aliphatic heterocycles. The third kappa shape index (κ3) is 3210. The Kier molecular flexibility index (Phi) is 35.8. The van der Waals surface area contributed by atoms with Crippen LogP contribution in [0.25, 0.3) is 0 Å². The zero-order chi connectivity index (χ0) is 22.5. The molecule has 0 amide bonds. The molecule has 0 aromatic carbocycles. The maximum Gasteiger partial charge on any atom is 1.00 e. The van der Waals surface area contributed by atoms with E-state index in [9.17, 15) is 0 Å². The second-order valence-corrected chi connectivity index (χ2v) is 7.70. The Balaban J connectivity index is -0.0000000290. The Bertz CT molecular complexity index is 384. The molecular weight excluding hydrogens is 626 g/mol. The van der Waals surface area contributed by atoms with Gasteiger partial charge in [0, 0.05) is 40.8 Å². The van der Waals surface area contributed by atoms with Crippen molar-refractivity contribution in [2.45, 2.75) is 0 Å². The van der Waals surface area contributed by atoms with Crippen LogP contribution in [0.4, 0.5) is 0 Å². The molecule has 20 nitrogen and oxygen atoms in total. The van der Waals surface area contributed by atoms with Gasteiger partial charge in [-0.25, -0.2) is 22.8 Å². The van der Waals surface area contributed by atoms with Crippen molar-refractivity contribution >= 4 is 39.1 Å². The van der Waals surface area contributed by atoms with Crippen LogP contribution in [-0.4, -0.2) is 73.4 Å². The van der Waals surface area contributed by atoms with E-state index in [1.165, 1.54) is 0 Å². The first kappa shape index (κ1) is 47.3. The van der Waals surface area contributed by atoms with Crippen LogP contribution in [0.15, 0.2) is 0 Å². The van der Waals surface area contributed by atoms with Crippen molar-refractivity contribution in [3.8, 4) is 0 Å². The van der Waals surface area contributed by atoms with Crippen LogP contribution in [0.2, 0.25) is 0 Å². The molecule has 27 heteroatoms. The van der Waals surface area contributed by atoms with Crippen molar-refractivity contribution in [3.63, 3.8) is 0 Å². The number of hydrogen-bond donors (Lipinski definition) is 15. The molecule has 0 fully saturated rings. The molecule has 0 aliphatic carbocycles. The third-order valence-electron chi connectivity index (χ3n) is 0. The fourth-order valence-electron chi connectivity index (χ4n) is 0. The molecule has 0 rings (SSSR count). The van der Waals surface area contributed by atoms with Gasteiger partial charge in [-0.15, -0.1) is 0 Å². The van der Waals surface area contributed by atoms with Gasteiger partial charge in [-0.1, -0.05) is 0 Å². The average molecular weight is 642 g/mol. The SMILES string of the molecule is O=P(O)(O)O.O=P(O)(O)O.O=P(O)(O)O.O=P(O)(O)O.O=P(O)(O)O.[H-].[Li+].[Nd]. The Morgan fingerprint density at radius 2 is 0.333 bits per heavy atom. The maximum atomic E-state index is 8.88. The molecule has 166 valence electrons. The largest absolute Gasteiger partial charge is 1.00 e. The van der Waals surface area contributed by atoms with Gasteiger partial charge in [0.1, 0.15) is 0 Å². The van der Waals surface area contributed by atoms with E-state index in [1.807, 2.05) is 0 Å². The molecular formula is H16LiNdO20P5. The van der Waals surface area contributed by atoms with E-state index in [2.05, 4.69) is 0 Å². The third-order valence-corrected chi connectivity index (χ3v) is 0. The first-order valence-electron chi connectivity index (χ1n) is 3.91. The van der Waals surface area contributed by atoms with Crippen molar-refractivity contribution in [3.05, 3.63) is 0 Å². The van der Waals surface area contributed by atoms with Crippen molar-refractivity contribution < 1.29 is 157 Å². The summed E-state index contributed by atoms with van der Waals surface area (Å²) in [6.45, 7) is 0. The number of rotatable bonds is 0. The second-order valence-electron chi connectivity index (χ2n) is 2.57. The average Bonchev–Trinajstić information content (AvgIpc) is 1.79. The van der Waals surface area contributed by atoms with Gasteiger partial charge in [0.25, 0.3) is 0 Å². The smallest absolute Gasteiger partial charge is 1.00 e. The number of phosphoric acid groups is 5. The van der Waals surface area contributed by atoms with Crippen LogP contribution >= 0.6 is 39.1 Å². The molecule has 0 unspecified atom stereocenters. The fourth-order valence-corrected chi connectivity index (χ4v) is 0. The minimum atomic E-state index is -4.64. The summed E-state index contributed by atoms with van der Waals surface area (Å²) in [7, 11) is -23.2. The standard InChI is InChI=1S/Li.Nd.5H3O4P.H/c;;5*1-5(2,3)4;/h;;5*(H3,1,2,3,4);/q+1;;;;;;;-1. The van der Waals surface area contributed by atoms with Gasteiger partial charge in [0.2, 0.25) is 0 Å². The predicted octanol–water partition coefficient (Wildman–Crippen LogP) is -7.53. The van der Waals surface area contributed by atoms with Gasteiger partial charge < -0.3 is 74.8 Å². The zero-order valence-electron chi connectivity index (χ0n) is 13.5. The fraction of sp³-hybridized carbons (Fsp3) is 0. The van der Waals surface area contributed by atoms with E-state index < -0.39 is 39.1 Å². The van der Waals surface area contributed by atoms with E-state index in [1.54, 1.807) is 0 Å². The summed E-state index contributed by atoms with van der Waals surface area (Å²) in [5.41, 5.74) is 0. The monoisotopic (exact) mass is 640 g/mol. The van der Waals surface area contributed by atoms with Gasteiger partial charge in [0.15, 0.2) is 0 Å². The van der Waals surface area contributed by atoms with E-state index in [-0.39, 0.29) is 61.1 Å². The van der Waals surface area contributed by atoms with E-state index >= 15 is 0 Å². The summed E-state index contributed by atoms with van der Waals surface area (Å²) in [4.78, 5) is 108. The van der Waals surface area contributed by atoms with Gasteiger partial charge >= 0.3 is 58.0 Å². The van der Waals surface area contributed by atoms with Crippen LogP contribution in [0.3, 0.4) is 0 Å². The summed E-state index contributed by atoms with van der Waals surface area (Å²) in [6.07, 6.45) is 0. The minimum Gasteiger partial charge on any atom is -1.00 e. The van der Waals surface area contributed by atoms with Gasteiger partial charge in [-0.05, 0) is 0 Å². The molecule has 15 N–H and O–H groups in total. The van der Waals surface area contributed by atoms with Gasteiger partial charge in [-0.3, -0.25) is 0 Å². The van der Waals surface area contributed by atoms with Crippen LogP contribution in [0.1, 0.15) is 1.43 Å². The predicted molar refractivity (Wildman–Crippen MR) is 72.4 cm³/mol. The van der Waals surface area contributed by atoms with Crippen LogP contribution in [0, 0.1) is 40.8 Å². The van der Waals surface area contributed by atoms with Crippen molar-refractivity contribution in [2.75, 3.05) is 0 Å². The summed E-state index contributed by atoms with van der Waals surface area (Å²) < 4.78 is 44.4. The molecule has 0 heterocycles. The van der Waals surface area contributed by atoms with E-state index in [0.29, 0.717) is 0 Å². The summed E-state index contributed by atoms with van der Waals surface area (Å²) in [5, 5.41) is 0. The normalized spacial score (nSPS) is 10.9. The first-order valence-corrected chi connectivity index (χ1v) is 11.7. The summed E-state index contributed by atoms with van der Waals surface area (Å²) in [6, 6.07) is 0. The van der Waals surface area contributed by atoms with Crippen LogP contribution in [0.5, 0.6) is 0 Å². The van der Waals surface area contributed by atoms with E-state index in [4.69, 9.17) is 96.2 Å². The molecule has 0 aromatic rings. The second kappa shape index (κ2) is 20.4. The maximum absolute atomic E-state index is 8.88. The number of hydrogen-bond acceptors (Lipinski definition) is 5.